The van der Waals surface area contributed by atoms with Gasteiger partial charge in [-0.1, -0.05) is 56.3 Å². The van der Waals surface area contributed by atoms with Gasteiger partial charge in [0.15, 0.2) is 5.78 Å². The van der Waals surface area contributed by atoms with E-state index < -0.39 is 0 Å². The van der Waals surface area contributed by atoms with Gasteiger partial charge in [-0.25, -0.2) is 0 Å². The smallest absolute Gasteiger partial charge is 0.187 e. The van der Waals surface area contributed by atoms with Crippen LogP contribution >= 0.6 is 0 Å². The molecule has 2 rings (SSSR count). The fourth-order valence-electron chi connectivity index (χ4n) is 1.88. The second-order valence-corrected chi connectivity index (χ2v) is 4.98. The number of anilines is 1. The Morgan fingerprint density at radius 3 is 2.25 bits per heavy atom. The molecule has 0 radical (unpaired) electrons. The predicted octanol–water partition coefficient (Wildman–Crippen LogP) is 4.62. The SMILES string of the molecule is CC(C)c1ccc(C(=O)C=CNc2ccccc2)cc1. The van der Waals surface area contributed by atoms with E-state index in [1.807, 2.05) is 54.6 Å². The minimum absolute atomic E-state index is 0.00346. The van der Waals surface area contributed by atoms with Crippen molar-refractivity contribution in [3.05, 3.63) is 78.0 Å². The molecular formula is C18H19NO. The number of rotatable bonds is 5. The molecule has 0 atom stereocenters. The fourth-order valence-corrected chi connectivity index (χ4v) is 1.88. The van der Waals surface area contributed by atoms with Crippen molar-refractivity contribution in [2.24, 2.45) is 0 Å². The van der Waals surface area contributed by atoms with Gasteiger partial charge in [0.25, 0.3) is 0 Å². The summed E-state index contributed by atoms with van der Waals surface area (Å²) in [5.41, 5.74) is 2.92. The minimum atomic E-state index is 0.00346. The Kier molecular flexibility index (Phi) is 4.72. The molecule has 0 aliphatic carbocycles. The number of benzene rings is 2. The van der Waals surface area contributed by atoms with E-state index >= 15 is 0 Å². The van der Waals surface area contributed by atoms with Gasteiger partial charge in [-0.15, -0.1) is 0 Å². The zero-order valence-corrected chi connectivity index (χ0v) is 11.8. The summed E-state index contributed by atoms with van der Waals surface area (Å²) >= 11 is 0. The lowest BCUT2D eigenvalue weighted by Crippen LogP contribution is -1.97. The monoisotopic (exact) mass is 265 g/mol. The first-order valence-electron chi connectivity index (χ1n) is 6.79. The molecule has 0 bridgehead atoms. The summed E-state index contributed by atoms with van der Waals surface area (Å²) in [7, 11) is 0. The molecule has 0 spiro atoms. The van der Waals surface area contributed by atoms with Gasteiger partial charge in [0.1, 0.15) is 0 Å². The molecule has 0 saturated carbocycles. The van der Waals surface area contributed by atoms with Crippen LogP contribution in [0.4, 0.5) is 5.69 Å². The molecule has 2 aromatic carbocycles. The highest BCUT2D eigenvalue weighted by molar-refractivity contribution is 6.04. The van der Waals surface area contributed by atoms with E-state index in [2.05, 4.69) is 19.2 Å². The maximum atomic E-state index is 12.0. The highest BCUT2D eigenvalue weighted by atomic mass is 16.1. The molecule has 2 nitrogen and oxygen atoms in total. The minimum Gasteiger partial charge on any atom is -0.362 e. The quantitative estimate of drug-likeness (QED) is 0.631. The number of hydrogen-bond acceptors (Lipinski definition) is 2. The summed E-state index contributed by atoms with van der Waals surface area (Å²) in [6.07, 6.45) is 3.23. The molecule has 0 aliphatic rings. The molecule has 102 valence electrons. The van der Waals surface area contributed by atoms with Crippen molar-refractivity contribution >= 4 is 11.5 Å². The third kappa shape index (κ3) is 3.82. The summed E-state index contributed by atoms with van der Waals surface area (Å²) in [6.45, 7) is 4.28. The number of hydrogen-bond donors (Lipinski definition) is 1. The molecule has 0 saturated heterocycles. The van der Waals surface area contributed by atoms with Crippen LogP contribution in [0.15, 0.2) is 66.9 Å². The molecule has 0 fully saturated rings. The van der Waals surface area contributed by atoms with Crippen LogP contribution in [0.2, 0.25) is 0 Å². The molecule has 2 aromatic rings. The van der Waals surface area contributed by atoms with Crippen molar-refractivity contribution in [3.8, 4) is 0 Å². The maximum Gasteiger partial charge on any atom is 0.187 e. The molecule has 2 heteroatoms. The van der Waals surface area contributed by atoms with Gasteiger partial charge in [0, 0.05) is 23.5 Å². The van der Waals surface area contributed by atoms with E-state index in [9.17, 15) is 4.79 Å². The molecule has 20 heavy (non-hydrogen) atoms. The number of carbonyl (C=O) groups is 1. The van der Waals surface area contributed by atoms with Crippen LogP contribution in [-0.2, 0) is 0 Å². The fraction of sp³-hybridized carbons (Fsp3) is 0.167. The van der Waals surface area contributed by atoms with Gasteiger partial charge < -0.3 is 5.32 Å². The van der Waals surface area contributed by atoms with Crippen molar-refractivity contribution in [2.45, 2.75) is 19.8 Å². The van der Waals surface area contributed by atoms with Crippen LogP contribution < -0.4 is 5.32 Å². The van der Waals surface area contributed by atoms with E-state index in [0.717, 1.165) is 5.69 Å². The Hall–Kier alpha value is -2.35. The summed E-state index contributed by atoms with van der Waals surface area (Å²) in [6, 6.07) is 17.5. The molecule has 0 unspecified atom stereocenters. The molecule has 0 amide bonds. The van der Waals surface area contributed by atoms with Gasteiger partial charge in [0.2, 0.25) is 0 Å². The standard InChI is InChI=1S/C18H19NO/c1-14(2)15-8-10-16(11-9-15)18(20)12-13-19-17-6-4-3-5-7-17/h3-14,19H,1-2H3. The Morgan fingerprint density at radius 1 is 1.00 bits per heavy atom. The highest BCUT2D eigenvalue weighted by Gasteiger charge is 2.03. The van der Waals surface area contributed by atoms with E-state index in [0.29, 0.717) is 11.5 Å². The second kappa shape index (κ2) is 6.71. The number of allylic oxidation sites excluding steroid dienone is 1. The molecule has 0 aromatic heterocycles. The van der Waals surface area contributed by atoms with Gasteiger partial charge in [-0.2, -0.15) is 0 Å². The van der Waals surface area contributed by atoms with Crippen LogP contribution in [-0.4, -0.2) is 5.78 Å². The van der Waals surface area contributed by atoms with Crippen LogP contribution in [0, 0.1) is 0 Å². The van der Waals surface area contributed by atoms with Crippen molar-refractivity contribution in [1.82, 2.24) is 0 Å². The average molecular weight is 265 g/mol. The largest absolute Gasteiger partial charge is 0.362 e. The number of carbonyl (C=O) groups excluding carboxylic acids is 1. The van der Waals surface area contributed by atoms with Crippen LogP contribution in [0.3, 0.4) is 0 Å². The lowest BCUT2D eigenvalue weighted by molar-refractivity contribution is 0.104. The summed E-state index contributed by atoms with van der Waals surface area (Å²) in [5.74, 6) is 0.484. The first-order chi connectivity index (χ1) is 9.66. The van der Waals surface area contributed by atoms with Crippen LogP contribution in [0.1, 0.15) is 35.7 Å². The van der Waals surface area contributed by atoms with Crippen molar-refractivity contribution < 1.29 is 4.79 Å². The van der Waals surface area contributed by atoms with E-state index in [1.54, 1.807) is 12.3 Å². The van der Waals surface area contributed by atoms with Crippen LogP contribution in [0.5, 0.6) is 0 Å². The predicted molar refractivity (Wildman–Crippen MR) is 84.1 cm³/mol. The Balaban J connectivity index is 1.97. The summed E-state index contributed by atoms with van der Waals surface area (Å²) in [5, 5.41) is 3.07. The zero-order chi connectivity index (χ0) is 14.4. The number of nitrogens with one attached hydrogen (secondary N) is 1. The van der Waals surface area contributed by atoms with Gasteiger partial charge in [-0.3, -0.25) is 4.79 Å². The Labute approximate surface area is 120 Å². The lowest BCUT2D eigenvalue weighted by Gasteiger charge is -2.05. The molecule has 0 aliphatic heterocycles. The van der Waals surface area contributed by atoms with Gasteiger partial charge in [-0.05, 0) is 23.6 Å². The van der Waals surface area contributed by atoms with Gasteiger partial charge in [0.05, 0.1) is 0 Å². The maximum absolute atomic E-state index is 12.0. The summed E-state index contributed by atoms with van der Waals surface area (Å²) in [4.78, 5) is 12.0. The van der Waals surface area contributed by atoms with Crippen LogP contribution in [0.25, 0.3) is 0 Å². The summed E-state index contributed by atoms with van der Waals surface area (Å²) < 4.78 is 0. The first-order valence-corrected chi connectivity index (χ1v) is 6.79. The van der Waals surface area contributed by atoms with E-state index in [1.165, 1.54) is 5.56 Å². The first kappa shape index (κ1) is 14.1. The molecular weight excluding hydrogens is 246 g/mol. The van der Waals surface area contributed by atoms with E-state index in [-0.39, 0.29) is 5.78 Å². The molecule has 1 N–H and O–H groups in total. The second-order valence-electron chi connectivity index (χ2n) is 4.98. The average Bonchev–Trinajstić information content (AvgIpc) is 2.48. The normalized spacial score (nSPS) is 10.9. The topological polar surface area (TPSA) is 29.1 Å². The number of para-hydroxylation sites is 1. The van der Waals surface area contributed by atoms with E-state index in [4.69, 9.17) is 0 Å². The van der Waals surface area contributed by atoms with Crippen molar-refractivity contribution in [2.75, 3.05) is 5.32 Å². The lowest BCUT2D eigenvalue weighted by atomic mass is 10.0. The Bertz CT molecular complexity index is 583. The van der Waals surface area contributed by atoms with Crippen molar-refractivity contribution in [1.29, 1.82) is 0 Å². The molecule has 0 heterocycles. The highest BCUT2D eigenvalue weighted by Crippen LogP contribution is 2.15. The third-order valence-electron chi connectivity index (χ3n) is 3.12. The third-order valence-corrected chi connectivity index (χ3v) is 3.12. The number of ketones is 1. The van der Waals surface area contributed by atoms with Crippen molar-refractivity contribution in [3.63, 3.8) is 0 Å². The Morgan fingerprint density at radius 2 is 1.65 bits per heavy atom. The van der Waals surface area contributed by atoms with Gasteiger partial charge >= 0.3 is 0 Å². The zero-order valence-electron chi connectivity index (χ0n) is 11.8.